The standard InChI is InChI=1S/C29H31N3O2S/c1-21-7-6-10-26(22(21)2)30-15-17-31(18-16-30)28(34)24-11-13-25(14-12-24)29-32(27(33)20-35-29)19-23-8-4-3-5-9-23/h3-14,29H,15-20H2,1-2H3/t29-/m0/s1. The lowest BCUT2D eigenvalue weighted by atomic mass is 10.1. The van der Waals surface area contributed by atoms with Crippen LogP contribution in [0.3, 0.4) is 0 Å². The van der Waals surface area contributed by atoms with Crippen molar-refractivity contribution >= 4 is 29.3 Å². The average Bonchev–Trinajstić information content (AvgIpc) is 3.26. The Balaban J connectivity index is 1.23. The lowest BCUT2D eigenvalue weighted by Crippen LogP contribution is -2.49. The second-order valence-electron chi connectivity index (χ2n) is 9.29. The van der Waals surface area contributed by atoms with Crippen molar-refractivity contribution in [3.05, 3.63) is 101 Å². The molecule has 0 saturated carbocycles. The molecule has 3 aromatic rings. The Bertz CT molecular complexity index is 1200. The summed E-state index contributed by atoms with van der Waals surface area (Å²) >= 11 is 1.65. The first-order valence-corrected chi connectivity index (χ1v) is 13.2. The number of amides is 2. The molecule has 2 aliphatic heterocycles. The number of nitrogens with zero attached hydrogens (tertiary/aromatic N) is 3. The van der Waals surface area contributed by atoms with Crippen LogP contribution in [-0.4, -0.2) is 53.5 Å². The molecule has 0 unspecified atom stereocenters. The summed E-state index contributed by atoms with van der Waals surface area (Å²) in [5.74, 6) is 0.724. The number of rotatable bonds is 5. The Hall–Kier alpha value is -3.25. The van der Waals surface area contributed by atoms with Gasteiger partial charge in [0, 0.05) is 44.0 Å². The molecular weight excluding hydrogens is 454 g/mol. The van der Waals surface area contributed by atoms with E-state index in [1.165, 1.54) is 16.8 Å². The fourth-order valence-corrected chi connectivity index (χ4v) is 6.07. The van der Waals surface area contributed by atoms with Crippen molar-refractivity contribution in [2.75, 3.05) is 36.8 Å². The monoisotopic (exact) mass is 485 g/mol. The highest BCUT2D eigenvalue weighted by atomic mass is 32.2. The first-order valence-electron chi connectivity index (χ1n) is 12.2. The predicted octanol–water partition coefficient (Wildman–Crippen LogP) is 5.04. The topological polar surface area (TPSA) is 43.9 Å². The van der Waals surface area contributed by atoms with Gasteiger partial charge in [-0.25, -0.2) is 0 Å². The third-order valence-electron chi connectivity index (χ3n) is 7.09. The molecule has 5 rings (SSSR count). The maximum absolute atomic E-state index is 13.2. The predicted molar refractivity (Wildman–Crippen MR) is 143 cm³/mol. The molecule has 6 heteroatoms. The maximum atomic E-state index is 13.2. The summed E-state index contributed by atoms with van der Waals surface area (Å²) in [6.07, 6.45) is 0. The number of anilines is 1. The van der Waals surface area contributed by atoms with E-state index in [-0.39, 0.29) is 17.2 Å². The number of piperazine rings is 1. The van der Waals surface area contributed by atoms with Gasteiger partial charge in [0.1, 0.15) is 5.37 Å². The summed E-state index contributed by atoms with van der Waals surface area (Å²) in [7, 11) is 0. The van der Waals surface area contributed by atoms with Crippen molar-refractivity contribution in [1.82, 2.24) is 9.80 Å². The van der Waals surface area contributed by atoms with Gasteiger partial charge >= 0.3 is 0 Å². The highest BCUT2D eigenvalue weighted by Crippen LogP contribution is 2.39. The molecule has 2 fully saturated rings. The number of hydrogen-bond acceptors (Lipinski definition) is 4. The number of hydrogen-bond donors (Lipinski definition) is 0. The summed E-state index contributed by atoms with van der Waals surface area (Å²) in [5, 5.41) is -0.0204. The Labute approximate surface area is 211 Å². The van der Waals surface area contributed by atoms with Crippen molar-refractivity contribution < 1.29 is 9.59 Å². The molecule has 35 heavy (non-hydrogen) atoms. The van der Waals surface area contributed by atoms with Gasteiger partial charge < -0.3 is 14.7 Å². The van der Waals surface area contributed by atoms with E-state index < -0.39 is 0 Å². The van der Waals surface area contributed by atoms with Gasteiger partial charge in [-0.3, -0.25) is 9.59 Å². The molecular formula is C29H31N3O2S. The minimum Gasteiger partial charge on any atom is -0.368 e. The van der Waals surface area contributed by atoms with Gasteiger partial charge in [-0.1, -0.05) is 54.6 Å². The van der Waals surface area contributed by atoms with E-state index in [9.17, 15) is 9.59 Å². The van der Waals surface area contributed by atoms with Gasteiger partial charge in [0.2, 0.25) is 5.91 Å². The normalized spacial score (nSPS) is 18.3. The van der Waals surface area contributed by atoms with Crippen LogP contribution >= 0.6 is 11.8 Å². The number of benzene rings is 3. The second kappa shape index (κ2) is 10.2. The fourth-order valence-electron chi connectivity index (χ4n) is 4.88. The van der Waals surface area contributed by atoms with Crippen LogP contribution in [0.2, 0.25) is 0 Å². The number of carbonyl (C=O) groups is 2. The first kappa shape index (κ1) is 23.5. The molecule has 0 spiro atoms. The second-order valence-corrected chi connectivity index (χ2v) is 10.4. The van der Waals surface area contributed by atoms with E-state index >= 15 is 0 Å². The first-order chi connectivity index (χ1) is 17.0. The highest BCUT2D eigenvalue weighted by Gasteiger charge is 2.33. The molecule has 0 N–H and O–H groups in total. The zero-order valence-corrected chi connectivity index (χ0v) is 21.1. The van der Waals surface area contributed by atoms with Crippen LogP contribution in [-0.2, 0) is 11.3 Å². The molecule has 2 aliphatic rings. The van der Waals surface area contributed by atoms with E-state index in [1.807, 2.05) is 52.3 Å². The highest BCUT2D eigenvalue weighted by molar-refractivity contribution is 8.00. The maximum Gasteiger partial charge on any atom is 0.253 e. The quantitative estimate of drug-likeness (QED) is 0.508. The Morgan fingerprint density at radius 1 is 0.886 bits per heavy atom. The van der Waals surface area contributed by atoms with Gasteiger partial charge in [-0.05, 0) is 54.3 Å². The van der Waals surface area contributed by atoms with E-state index in [0.29, 0.717) is 31.0 Å². The zero-order valence-electron chi connectivity index (χ0n) is 20.3. The van der Waals surface area contributed by atoms with E-state index in [0.717, 1.165) is 24.2 Å². The third-order valence-corrected chi connectivity index (χ3v) is 8.35. The Morgan fingerprint density at radius 2 is 1.60 bits per heavy atom. The molecule has 180 valence electrons. The van der Waals surface area contributed by atoms with Gasteiger partial charge in [0.05, 0.1) is 5.75 Å². The number of thioether (sulfide) groups is 1. The molecule has 2 saturated heterocycles. The summed E-state index contributed by atoms with van der Waals surface area (Å²) < 4.78 is 0. The van der Waals surface area contributed by atoms with Crippen molar-refractivity contribution in [2.45, 2.75) is 25.8 Å². The van der Waals surface area contributed by atoms with Crippen LogP contribution in [0.25, 0.3) is 0 Å². The lowest BCUT2D eigenvalue weighted by molar-refractivity contribution is -0.128. The van der Waals surface area contributed by atoms with Crippen LogP contribution in [0.1, 0.15) is 38.0 Å². The van der Waals surface area contributed by atoms with E-state index in [4.69, 9.17) is 0 Å². The minimum absolute atomic E-state index is 0.0204. The van der Waals surface area contributed by atoms with Crippen LogP contribution in [0.5, 0.6) is 0 Å². The fraction of sp³-hybridized carbons (Fsp3) is 0.310. The summed E-state index contributed by atoms with van der Waals surface area (Å²) in [5.41, 5.74) is 6.77. The van der Waals surface area contributed by atoms with Gasteiger partial charge in [-0.15, -0.1) is 11.8 Å². The third kappa shape index (κ3) is 4.94. The molecule has 1 atom stereocenters. The van der Waals surface area contributed by atoms with Gasteiger partial charge in [0.15, 0.2) is 0 Å². The van der Waals surface area contributed by atoms with Crippen molar-refractivity contribution in [2.24, 2.45) is 0 Å². The molecule has 0 aromatic heterocycles. The molecule has 2 heterocycles. The van der Waals surface area contributed by atoms with Crippen molar-refractivity contribution in [3.63, 3.8) is 0 Å². The number of carbonyl (C=O) groups excluding carboxylic acids is 2. The molecule has 3 aromatic carbocycles. The molecule has 2 amide bonds. The van der Waals surface area contributed by atoms with E-state index in [2.05, 4.69) is 49.1 Å². The Kier molecular flexibility index (Phi) is 6.82. The molecule has 0 radical (unpaired) electrons. The largest absolute Gasteiger partial charge is 0.368 e. The van der Waals surface area contributed by atoms with Crippen molar-refractivity contribution in [1.29, 1.82) is 0 Å². The zero-order chi connectivity index (χ0) is 24.4. The van der Waals surface area contributed by atoms with Crippen LogP contribution in [0.4, 0.5) is 5.69 Å². The molecule has 0 aliphatic carbocycles. The van der Waals surface area contributed by atoms with E-state index in [1.54, 1.807) is 11.8 Å². The smallest absolute Gasteiger partial charge is 0.253 e. The summed E-state index contributed by atoms with van der Waals surface area (Å²) in [6.45, 7) is 8.01. The van der Waals surface area contributed by atoms with Crippen molar-refractivity contribution in [3.8, 4) is 0 Å². The van der Waals surface area contributed by atoms with Gasteiger partial charge in [0.25, 0.3) is 5.91 Å². The average molecular weight is 486 g/mol. The summed E-state index contributed by atoms with van der Waals surface area (Å²) in [6, 6.07) is 24.4. The lowest BCUT2D eigenvalue weighted by Gasteiger charge is -2.37. The summed E-state index contributed by atoms with van der Waals surface area (Å²) in [4.78, 5) is 32.0. The molecule has 0 bridgehead atoms. The number of aryl methyl sites for hydroxylation is 1. The Morgan fingerprint density at radius 3 is 2.31 bits per heavy atom. The van der Waals surface area contributed by atoms with Gasteiger partial charge in [-0.2, -0.15) is 0 Å². The minimum atomic E-state index is -0.0204. The SMILES string of the molecule is Cc1cccc(N2CCN(C(=O)c3ccc([C@@H]4SCC(=O)N4Cc4ccccc4)cc3)CC2)c1C. The molecule has 5 nitrogen and oxygen atoms in total. The van der Waals surface area contributed by atoms with Crippen LogP contribution in [0, 0.1) is 13.8 Å². The van der Waals surface area contributed by atoms with Crippen LogP contribution < -0.4 is 4.90 Å². The van der Waals surface area contributed by atoms with Crippen LogP contribution in [0.15, 0.2) is 72.8 Å².